The topological polar surface area (TPSA) is 57.5 Å². The van der Waals surface area contributed by atoms with E-state index in [1.165, 1.54) is 12.1 Å². The highest BCUT2D eigenvalue weighted by Crippen LogP contribution is 2.19. The minimum Gasteiger partial charge on any atom is -0.479 e. The lowest BCUT2D eigenvalue weighted by Crippen LogP contribution is -2.31. The summed E-state index contributed by atoms with van der Waals surface area (Å²) in [6, 6.07) is 7.94. The first-order chi connectivity index (χ1) is 6.11. The Balaban J connectivity index is 3.11. The van der Waals surface area contributed by atoms with Gasteiger partial charge < -0.3 is 10.2 Å². The fourth-order valence-electron chi connectivity index (χ4n) is 0.837. The lowest BCUT2D eigenvalue weighted by atomic mass is 9.97. The van der Waals surface area contributed by atoms with Crippen LogP contribution in [-0.4, -0.2) is 16.2 Å². The molecule has 3 heteroatoms. The molecular weight excluding hydrogens is 156 g/mol. The van der Waals surface area contributed by atoms with Gasteiger partial charge in [0.05, 0.1) is 0 Å². The first-order valence-corrected chi connectivity index (χ1v) is 3.42. The molecule has 0 amide bonds. The highest BCUT2D eigenvalue weighted by atomic mass is 16.4. The van der Waals surface area contributed by atoms with Crippen LogP contribution in [0.4, 0.5) is 0 Å². The van der Waals surface area contributed by atoms with Gasteiger partial charge in [-0.25, -0.2) is 4.79 Å². The van der Waals surface area contributed by atoms with E-state index in [0.29, 0.717) is 0 Å². The quantitative estimate of drug-likeness (QED) is 0.690. The minimum absolute atomic E-state index is 0.234. The lowest BCUT2D eigenvalue weighted by molar-refractivity contribution is -0.157. The molecule has 0 saturated heterocycles. The SMILES string of the molecule is [2H]CC(O)(C(=O)O)c1ccccc1. The van der Waals surface area contributed by atoms with Crippen LogP contribution in [0.25, 0.3) is 0 Å². The maximum absolute atomic E-state index is 10.7. The average Bonchev–Trinajstić information content (AvgIpc) is 2.17. The molecule has 0 spiro atoms. The highest BCUT2D eigenvalue weighted by Gasteiger charge is 2.31. The molecule has 0 bridgehead atoms. The van der Waals surface area contributed by atoms with Gasteiger partial charge in [-0.2, -0.15) is 0 Å². The lowest BCUT2D eigenvalue weighted by Gasteiger charge is -2.17. The van der Waals surface area contributed by atoms with Gasteiger partial charge in [-0.15, -0.1) is 0 Å². The summed E-state index contributed by atoms with van der Waals surface area (Å²) in [6.07, 6.45) is 0. The molecule has 64 valence electrons. The van der Waals surface area contributed by atoms with Crippen LogP contribution in [0.3, 0.4) is 0 Å². The minimum atomic E-state index is -2.08. The van der Waals surface area contributed by atoms with Crippen LogP contribution in [0, 0.1) is 0 Å². The Hall–Kier alpha value is -1.35. The summed E-state index contributed by atoms with van der Waals surface area (Å²) >= 11 is 0. The summed E-state index contributed by atoms with van der Waals surface area (Å²) in [5, 5.41) is 18.3. The van der Waals surface area contributed by atoms with E-state index in [9.17, 15) is 9.90 Å². The molecule has 0 saturated carbocycles. The third kappa shape index (κ3) is 1.46. The first kappa shape index (κ1) is 7.31. The van der Waals surface area contributed by atoms with Crippen molar-refractivity contribution in [1.29, 1.82) is 0 Å². The van der Waals surface area contributed by atoms with Crippen LogP contribution in [0.15, 0.2) is 30.3 Å². The van der Waals surface area contributed by atoms with Crippen molar-refractivity contribution < 1.29 is 16.4 Å². The third-order valence-electron chi connectivity index (χ3n) is 1.61. The molecule has 0 heterocycles. The molecule has 0 aliphatic heterocycles. The fourth-order valence-corrected chi connectivity index (χ4v) is 0.837. The van der Waals surface area contributed by atoms with Gasteiger partial charge in [-0.1, -0.05) is 30.3 Å². The van der Waals surface area contributed by atoms with Crippen LogP contribution in [0.1, 0.15) is 13.8 Å². The number of hydrogen-bond donors (Lipinski definition) is 2. The Morgan fingerprint density at radius 2 is 2.08 bits per heavy atom. The number of carboxylic acid groups (broad SMARTS) is 1. The predicted molar refractivity (Wildman–Crippen MR) is 43.6 cm³/mol. The molecule has 12 heavy (non-hydrogen) atoms. The van der Waals surface area contributed by atoms with Gasteiger partial charge in [0.15, 0.2) is 5.60 Å². The Morgan fingerprint density at radius 1 is 1.50 bits per heavy atom. The summed E-state index contributed by atoms with van der Waals surface area (Å²) in [4.78, 5) is 10.7. The van der Waals surface area contributed by atoms with E-state index in [4.69, 9.17) is 6.48 Å². The Labute approximate surface area is 71.7 Å². The van der Waals surface area contributed by atoms with Crippen LogP contribution in [0.2, 0.25) is 0 Å². The average molecular weight is 167 g/mol. The van der Waals surface area contributed by atoms with Crippen molar-refractivity contribution in [3.8, 4) is 0 Å². The summed E-state index contributed by atoms with van der Waals surface area (Å²) in [5.41, 5.74) is -1.85. The van der Waals surface area contributed by atoms with Crippen molar-refractivity contribution in [3.05, 3.63) is 35.9 Å². The summed E-state index contributed by atoms with van der Waals surface area (Å²) in [6.45, 7) is -0.591. The summed E-state index contributed by atoms with van der Waals surface area (Å²) in [7, 11) is 0. The predicted octanol–water partition coefficient (Wildman–Crippen LogP) is 0.979. The Kier molecular flexibility index (Phi) is 1.80. The van der Waals surface area contributed by atoms with Crippen molar-refractivity contribution in [2.24, 2.45) is 0 Å². The molecule has 0 aliphatic carbocycles. The molecule has 2 N–H and O–H groups in total. The fraction of sp³-hybridized carbons (Fsp3) is 0.222. The largest absolute Gasteiger partial charge is 0.479 e. The van der Waals surface area contributed by atoms with E-state index in [1.807, 2.05) is 0 Å². The summed E-state index contributed by atoms with van der Waals surface area (Å²) < 4.78 is 6.99. The highest BCUT2D eigenvalue weighted by molar-refractivity contribution is 5.78. The van der Waals surface area contributed by atoms with Crippen molar-refractivity contribution in [1.82, 2.24) is 0 Å². The van der Waals surface area contributed by atoms with Crippen LogP contribution in [0.5, 0.6) is 0 Å². The second-order valence-electron chi connectivity index (χ2n) is 2.53. The normalized spacial score (nSPS) is 16.2. The smallest absolute Gasteiger partial charge is 0.340 e. The second-order valence-corrected chi connectivity index (χ2v) is 2.53. The molecule has 0 aromatic heterocycles. The number of carboxylic acids is 1. The van der Waals surface area contributed by atoms with Gasteiger partial charge in [0.1, 0.15) is 0 Å². The summed E-state index contributed by atoms with van der Waals surface area (Å²) in [5.74, 6) is -1.39. The molecule has 1 aromatic carbocycles. The van der Waals surface area contributed by atoms with Crippen molar-refractivity contribution >= 4 is 5.97 Å². The van der Waals surface area contributed by atoms with Crippen molar-refractivity contribution in [2.45, 2.75) is 12.5 Å². The Bertz CT molecular complexity index is 299. The van der Waals surface area contributed by atoms with Gasteiger partial charge in [-0.05, 0) is 12.5 Å². The number of hydrogen-bond acceptors (Lipinski definition) is 2. The monoisotopic (exact) mass is 167 g/mol. The van der Waals surface area contributed by atoms with Crippen molar-refractivity contribution in [2.75, 3.05) is 0 Å². The van der Waals surface area contributed by atoms with Gasteiger partial charge in [-0.3, -0.25) is 0 Å². The zero-order chi connectivity index (χ0) is 9.90. The zero-order valence-electron chi connectivity index (χ0n) is 7.40. The molecule has 0 aliphatic rings. The van der Waals surface area contributed by atoms with Gasteiger partial charge in [0, 0.05) is 1.37 Å². The van der Waals surface area contributed by atoms with E-state index in [1.54, 1.807) is 18.2 Å². The molecule has 1 rings (SSSR count). The first-order valence-electron chi connectivity index (χ1n) is 4.12. The van der Waals surface area contributed by atoms with Crippen LogP contribution in [-0.2, 0) is 10.4 Å². The van der Waals surface area contributed by atoms with Gasteiger partial charge in [0.25, 0.3) is 0 Å². The number of benzene rings is 1. The molecule has 0 fully saturated rings. The third-order valence-corrected chi connectivity index (χ3v) is 1.61. The number of carbonyl (C=O) groups is 1. The maximum Gasteiger partial charge on any atom is 0.340 e. The standard InChI is InChI=1S/C9H10O3/c1-9(12,8(10)11)7-5-3-2-4-6-7/h2-6,12H,1H3,(H,10,11)/i1D. The molecule has 3 nitrogen and oxygen atoms in total. The van der Waals surface area contributed by atoms with Gasteiger partial charge in [0.2, 0.25) is 0 Å². The van der Waals surface area contributed by atoms with E-state index < -0.39 is 18.5 Å². The number of aliphatic carboxylic acids is 1. The number of aliphatic hydroxyl groups is 1. The van der Waals surface area contributed by atoms with E-state index in [0.717, 1.165) is 0 Å². The number of rotatable bonds is 2. The van der Waals surface area contributed by atoms with E-state index >= 15 is 0 Å². The molecule has 1 aromatic rings. The molecular formula is C9H10O3. The molecule has 1 atom stereocenters. The van der Waals surface area contributed by atoms with Crippen molar-refractivity contribution in [3.63, 3.8) is 0 Å². The second kappa shape index (κ2) is 2.95. The van der Waals surface area contributed by atoms with Crippen LogP contribution >= 0.6 is 0 Å². The van der Waals surface area contributed by atoms with E-state index in [-0.39, 0.29) is 5.56 Å². The zero-order valence-corrected chi connectivity index (χ0v) is 6.40. The van der Waals surface area contributed by atoms with E-state index in [2.05, 4.69) is 0 Å². The van der Waals surface area contributed by atoms with Gasteiger partial charge >= 0.3 is 5.97 Å². The Morgan fingerprint density at radius 3 is 2.50 bits per heavy atom. The van der Waals surface area contributed by atoms with Crippen LogP contribution < -0.4 is 0 Å². The molecule has 1 unspecified atom stereocenters. The maximum atomic E-state index is 10.7. The molecule has 0 radical (unpaired) electrons.